The number of likely N-dealkylation sites (N-methyl/N-ethyl adjacent to an activating group) is 1. The maximum absolute atomic E-state index is 13.5. The lowest BCUT2D eigenvalue weighted by atomic mass is 9.46. The van der Waals surface area contributed by atoms with Gasteiger partial charge in [0.25, 0.3) is 7.82 Å². The van der Waals surface area contributed by atoms with Crippen molar-refractivity contribution in [2.45, 2.75) is 214 Å². The number of phosphoric ester groups is 1. The molecule has 0 aromatic carbocycles. The summed E-state index contributed by atoms with van der Waals surface area (Å²) in [4.78, 5) is 26.7. The van der Waals surface area contributed by atoms with Gasteiger partial charge in [0.05, 0.1) is 27.7 Å². The fourth-order valence-electron chi connectivity index (χ4n) is 12.8. The molecule has 3 fully saturated rings. The molecule has 0 saturated heterocycles. The average molecular weight is 864 g/mol. The highest BCUT2D eigenvalue weighted by Gasteiger charge is 2.59. The molecule has 0 bridgehead atoms. The minimum absolute atomic E-state index is 0.00570. The Hall–Kier alpha value is -0.760. The molecule has 9 heteroatoms. The number of ether oxygens (including phenoxy) is 1. The molecule has 4 aliphatic rings. The van der Waals surface area contributed by atoms with Gasteiger partial charge in [0, 0.05) is 6.42 Å². The van der Waals surface area contributed by atoms with Crippen molar-refractivity contribution in [2.75, 3.05) is 40.9 Å². The minimum Gasteiger partial charge on any atom is -0.756 e. The van der Waals surface area contributed by atoms with Crippen LogP contribution < -0.4 is 4.89 Å². The molecule has 11 atom stereocenters. The number of fused-ring (bicyclic) bond motifs is 5. The van der Waals surface area contributed by atoms with Gasteiger partial charge in [0.15, 0.2) is 6.10 Å². The molecule has 7 unspecified atom stereocenters. The van der Waals surface area contributed by atoms with E-state index in [-0.39, 0.29) is 24.4 Å². The summed E-state index contributed by atoms with van der Waals surface area (Å²) in [6.45, 7) is 14.6. The van der Waals surface area contributed by atoms with E-state index in [0.29, 0.717) is 34.7 Å². The molecule has 0 aromatic rings. The smallest absolute Gasteiger partial charge is 0.306 e. The van der Waals surface area contributed by atoms with Gasteiger partial charge in [-0.25, -0.2) is 0 Å². The van der Waals surface area contributed by atoms with E-state index in [0.717, 1.165) is 62.2 Å². The van der Waals surface area contributed by atoms with Crippen LogP contribution in [0.15, 0.2) is 11.6 Å². The number of esters is 1. The Kier molecular flexibility index (Phi) is 21.2. The lowest BCUT2D eigenvalue weighted by molar-refractivity contribution is -0.870. The summed E-state index contributed by atoms with van der Waals surface area (Å²) in [5.74, 6) is 3.85. The molecular formula is C51H94NO7P. The van der Waals surface area contributed by atoms with Gasteiger partial charge in [0.1, 0.15) is 19.3 Å². The quantitative estimate of drug-likeness (QED) is 0.0262. The summed E-state index contributed by atoms with van der Waals surface area (Å²) in [6.07, 6.45) is 29.4. The van der Waals surface area contributed by atoms with Crippen LogP contribution in [0.2, 0.25) is 0 Å². The SMILES string of the molecule is CCCCCCCCCCCCCCCC(=O)OC(CO)C(OP(=O)([O-])OCC[N+](C)(C)C)C1CC[C@@]2(C)C(=CCC3C2CC[C@@]2(C)C3CC[C@@H]2[C@H](C)CCCC(C)C)C1. The number of carbonyl (C=O) groups excluding carboxylic acids is 1. The number of hydrogen-bond acceptors (Lipinski definition) is 7. The highest BCUT2D eigenvalue weighted by atomic mass is 31.2. The van der Waals surface area contributed by atoms with E-state index in [4.69, 9.17) is 13.8 Å². The molecule has 60 heavy (non-hydrogen) atoms. The highest BCUT2D eigenvalue weighted by molar-refractivity contribution is 7.45. The fourth-order valence-corrected chi connectivity index (χ4v) is 13.8. The zero-order valence-electron chi connectivity index (χ0n) is 40.4. The van der Waals surface area contributed by atoms with Crippen molar-refractivity contribution in [1.29, 1.82) is 0 Å². The Labute approximate surface area is 369 Å². The molecule has 350 valence electrons. The summed E-state index contributed by atoms with van der Waals surface area (Å²) in [7, 11) is 1.18. The van der Waals surface area contributed by atoms with Crippen molar-refractivity contribution in [3.05, 3.63) is 11.6 Å². The van der Waals surface area contributed by atoms with Gasteiger partial charge in [-0.2, -0.15) is 0 Å². The monoisotopic (exact) mass is 864 g/mol. The van der Waals surface area contributed by atoms with Gasteiger partial charge in [-0.15, -0.1) is 0 Å². The Morgan fingerprint density at radius 3 is 2.10 bits per heavy atom. The second-order valence-electron chi connectivity index (χ2n) is 22.4. The second-order valence-corrected chi connectivity index (χ2v) is 23.7. The summed E-state index contributed by atoms with van der Waals surface area (Å²) in [5, 5.41) is 10.7. The number of unbranched alkanes of at least 4 members (excludes halogenated alkanes) is 12. The van der Waals surface area contributed by atoms with Crippen molar-refractivity contribution in [3.8, 4) is 0 Å². The molecule has 0 spiro atoms. The van der Waals surface area contributed by atoms with Gasteiger partial charge < -0.3 is 28.3 Å². The number of allylic oxidation sites excluding steroid dienone is 2. The van der Waals surface area contributed by atoms with Crippen molar-refractivity contribution in [3.63, 3.8) is 0 Å². The third-order valence-electron chi connectivity index (χ3n) is 16.4. The third-order valence-corrected chi connectivity index (χ3v) is 17.4. The van der Waals surface area contributed by atoms with Crippen LogP contribution in [0.5, 0.6) is 0 Å². The molecule has 0 radical (unpaired) electrons. The molecule has 1 N–H and O–H groups in total. The maximum atomic E-state index is 13.5. The Morgan fingerprint density at radius 2 is 1.50 bits per heavy atom. The molecule has 0 aromatic heterocycles. The predicted molar refractivity (Wildman–Crippen MR) is 245 cm³/mol. The van der Waals surface area contributed by atoms with E-state index in [9.17, 15) is 19.4 Å². The highest BCUT2D eigenvalue weighted by Crippen LogP contribution is 2.68. The average Bonchev–Trinajstić information content (AvgIpc) is 3.54. The molecule has 4 aliphatic carbocycles. The Morgan fingerprint density at radius 1 is 0.867 bits per heavy atom. The van der Waals surface area contributed by atoms with Crippen LogP contribution in [0.1, 0.15) is 202 Å². The Balaban J connectivity index is 1.37. The fraction of sp³-hybridized carbons (Fsp3) is 0.941. The first-order valence-electron chi connectivity index (χ1n) is 25.4. The van der Waals surface area contributed by atoms with Crippen molar-refractivity contribution >= 4 is 13.8 Å². The predicted octanol–water partition coefficient (Wildman–Crippen LogP) is 12.6. The lowest BCUT2D eigenvalue weighted by Gasteiger charge is -2.59. The largest absolute Gasteiger partial charge is 0.756 e. The first kappa shape index (κ1) is 51.9. The van der Waals surface area contributed by atoms with Crippen LogP contribution in [-0.2, 0) is 23.1 Å². The minimum atomic E-state index is -4.77. The number of aliphatic hydroxyl groups is 1. The molecular weight excluding hydrogens is 770 g/mol. The second kappa shape index (κ2) is 24.5. The summed E-state index contributed by atoms with van der Waals surface area (Å²) in [5.41, 5.74) is 1.90. The van der Waals surface area contributed by atoms with E-state index in [1.807, 2.05) is 21.1 Å². The van der Waals surface area contributed by atoms with Gasteiger partial charge in [-0.1, -0.05) is 150 Å². The molecule has 4 rings (SSSR count). The van der Waals surface area contributed by atoms with Gasteiger partial charge >= 0.3 is 5.97 Å². The van der Waals surface area contributed by atoms with Crippen LogP contribution in [0.3, 0.4) is 0 Å². The van der Waals surface area contributed by atoms with Crippen LogP contribution in [-0.4, -0.2) is 68.7 Å². The van der Waals surface area contributed by atoms with E-state index in [2.05, 4.69) is 47.6 Å². The van der Waals surface area contributed by atoms with Gasteiger partial charge in [-0.3, -0.25) is 9.36 Å². The van der Waals surface area contributed by atoms with Crippen molar-refractivity contribution in [2.24, 2.45) is 52.3 Å². The Bertz CT molecular complexity index is 1350. The number of quaternary nitrogens is 1. The van der Waals surface area contributed by atoms with E-state index in [1.165, 1.54) is 115 Å². The van der Waals surface area contributed by atoms with Gasteiger partial charge in [-0.05, 0) is 110 Å². The van der Waals surface area contributed by atoms with Gasteiger partial charge in [0.2, 0.25) is 0 Å². The van der Waals surface area contributed by atoms with E-state index in [1.54, 1.807) is 0 Å². The lowest BCUT2D eigenvalue weighted by Crippen LogP contribution is -2.52. The summed E-state index contributed by atoms with van der Waals surface area (Å²) >= 11 is 0. The first-order valence-corrected chi connectivity index (χ1v) is 26.8. The topological polar surface area (TPSA) is 105 Å². The van der Waals surface area contributed by atoms with E-state index < -0.39 is 32.6 Å². The number of nitrogens with zero attached hydrogens (tertiary/aromatic N) is 1. The van der Waals surface area contributed by atoms with Crippen LogP contribution >= 0.6 is 7.82 Å². The molecule has 3 saturated carbocycles. The zero-order valence-corrected chi connectivity index (χ0v) is 41.3. The number of rotatable bonds is 29. The molecule has 0 amide bonds. The molecule has 0 aliphatic heterocycles. The van der Waals surface area contributed by atoms with Crippen molar-refractivity contribution in [1.82, 2.24) is 0 Å². The third kappa shape index (κ3) is 15.2. The van der Waals surface area contributed by atoms with Crippen LogP contribution in [0, 0.1) is 52.3 Å². The van der Waals surface area contributed by atoms with Crippen LogP contribution in [0.4, 0.5) is 0 Å². The molecule has 0 heterocycles. The summed E-state index contributed by atoms with van der Waals surface area (Å²) in [6, 6.07) is 0. The van der Waals surface area contributed by atoms with E-state index >= 15 is 0 Å². The number of hydrogen-bond donors (Lipinski definition) is 1. The normalized spacial score (nSPS) is 30.5. The maximum Gasteiger partial charge on any atom is 0.306 e. The standard InChI is InChI=1S/C51H94NO7P/c1-10-11-12-13-14-15-16-17-18-19-20-21-22-26-48(54)58-47(38-53)49(59-60(55,56)57-36-35-52(7,8)9)41-31-33-50(5)42(37-41)27-28-43-45-30-29-44(40(4)25-23-24-39(2)3)51(45,6)34-32-46(43)50/h27,39-41,43-47,49,53H,10-26,28-38H2,1-9H3/t40-,41?,43?,44-,45?,46?,47?,49?,50+,51-/m1/s1. The zero-order chi connectivity index (χ0) is 44.0. The number of carbonyl (C=O) groups is 1. The van der Waals surface area contributed by atoms with Crippen LogP contribution in [0.25, 0.3) is 0 Å². The number of aliphatic hydroxyl groups excluding tert-OH is 1. The summed E-state index contributed by atoms with van der Waals surface area (Å²) < 4.78 is 31.3. The molecule has 8 nitrogen and oxygen atoms in total. The first-order chi connectivity index (χ1) is 28.4. The number of phosphoric acid groups is 1. The van der Waals surface area contributed by atoms with Crippen molar-refractivity contribution < 1.29 is 37.6 Å².